The summed E-state index contributed by atoms with van der Waals surface area (Å²) >= 11 is 0. The second-order valence-corrected chi connectivity index (χ2v) is 7.24. The van der Waals surface area contributed by atoms with Gasteiger partial charge in [-0.15, -0.1) is 0 Å². The lowest BCUT2D eigenvalue weighted by molar-refractivity contribution is 0.0278. The minimum absolute atomic E-state index is 0.170. The van der Waals surface area contributed by atoms with Crippen molar-refractivity contribution in [2.24, 2.45) is 0 Å². The Hall–Kier alpha value is -0.810. The van der Waals surface area contributed by atoms with Crippen LogP contribution in [-0.2, 0) is 4.74 Å². The maximum Gasteiger partial charge on any atom is 0.410 e. The molecule has 2 atom stereocenters. The largest absolute Gasteiger partial charge is 0.444 e. The van der Waals surface area contributed by atoms with Gasteiger partial charge in [0.2, 0.25) is 0 Å². The third-order valence-corrected chi connectivity index (χ3v) is 4.33. The molecule has 2 aliphatic rings. The Morgan fingerprint density at radius 2 is 1.75 bits per heavy atom. The van der Waals surface area contributed by atoms with E-state index in [-0.39, 0.29) is 6.09 Å². The molecule has 2 saturated heterocycles. The van der Waals surface area contributed by atoms with Gasteiger partial charge >= 0.3 is 6.09 Å². The molecule has 0 spiro atoms. The standard InChI is InChI=1S/C15H29N3O2/c1-15(2,3)20-14(19)18-9-7-13(11-18)17(5)12-6-8-16(4)10-12/h12-13H,6-11H2,1-5H3/t12-,13+/m1/s1. The summed E-state index contributed by atoms with van der Waals surface area (Å²) in [5.74, 6) is 0. The molecule has 0 aromatic heterocycles. The van der Waals surface area contributed by atoms with E-state index < -0.39 is 5.60 Å². The van der Waals surface area contributed by atoms with E-state index in [0.29, 0.717) is 12.1 Å². The third kappa shape index (κ3) is 3.85. The second-order valence-electron chi connectivity index (χ2n) is 7.24. The maximum absolute atomic E-state index is 12.1. The second kappa shape index (κ2) is 5.90. The fraction of sp³-hybridized carbons (Fsp3) is 0.933. The highest BCUT2D eigenvalue weighted by atomic mass is 16.6. The molecule has 2 rings (SSSR count). The van der Waals surface area contributed by atoms with Crippen LogP contribution in [0.3, 0.4) is 0 Å². The van der Waals surface area contributed by atoms with Crippen molar-refractivity contribution < 1.29 is 9.53 Å². The van der Waals surface area contributed by atoms with E-state index in [9.17, 15) is 4.79 Å². The zero-order valence-electron chi connectivity index (χ0n) is 13.6. The van der Waals surface area contributed by atoms with Crippen LogP contribution in [0.1, 0.15) is 33.6 Å². The first-order valence-corrected chi connectivity index (χ1v) is 7.64. The molecule has 2 aliphatic heterocycles. The van der Waals surface area contributed by atoms with Crippen LogP contribution in [0.2, 0.25) is 0 Å². The first-order valence-electron chi connectivity index (χ1n) is 7.64. The Morgan fingerprint density at radius 1 is 1.15 bits per heavy atom. The SMILES string of the molecule is CN1CC[C@@H](N(C)[C@H]2CCN(C(=O)OC(C)(C)C)C2)C1. The molecule has 0 aromatic rings. The molecule has 0 saturated carbocycles. The quantitative estimate of drug-likeness (QED) is 0.772. The van der Waals surface area contributed by atoms with Gasteiger partial charge in [-0.1, -0.05) is 0 Å². The summed E-state index contributed by atoms with van der Waals surface area (Å²) in [4.78, 5) is 18.8. The van der Waals surface area contributed by atoms with E-state index in [1.54, 1.807) is 0 Å². The molecular weight excluding hydrogens is 254 g/mol. The Bertz CT molecular complexity index is 354. The number of amides is 1. The molecule has 0 unspecified atom stereocenters. The van der Waals surface area contributed by atoms with Crippen LogP contribution in [0, 0.1) is 0 Å². The monoisotopic (exact) mass is 283 g/mol. The topological polar surface area (TPSA) is 36.0 Å². The Morgan fingerprint density at radius 3 is 2.30 bits per heavy atom. The van der Waals surface area contributed by atoms with Crippen LogP contribution in [0.5, 0.6) is 0 Å². The summed E-state index contributed by atoms with van der Waals surface area (Å²) in [5.41, 5.74) is -0.408. The number of hydrogen-bond acceptors (Lipinski definition) is 4. The fourth-order valence-electron chi connectivity index (χ4n) is 3.11. The average Bonchev–Trinajstić information content (AvgIpc) is 2.94. The molecule has 20 heavy (non-hydrogen) atoms. The number of rotatable bonds is 2. The zero-order chi connectivity index (χ0) is 14.9. The number of likely N-dealkylation sites (tertiary alicyclic amines) is 2. The molecule has 0 aromatic carbocycles. The lowest BCUT2D eigenvalue weighted by Crippen LogP contribution is -2.44. The van der Waals surface area contributed by atoms with Crippen molar-refractivity contribution in [2.75, 3.05) is 40.3 Å². The van der Waals surface area contributed by atoms with Crippen molar-refractivity contribution in [3.63, 3.8) is 0 Å². The molecule has 2 fully saturated rings. The number of likely N-dealkylation sites (N-methyl/N-ethyl adjacent to an activating group) is 2. The normalized spacial score (nSPS) is 28.4. The molecule has 116 valence electrons. The highest BCUT2D eigenvalue weighted by molar-refractivity contribution is 5.68. The molecule has 0 aliphatic carbocycles. The van der Waals surface area contributed by atoms with E-state index in [4.69, 9.17) is 4.74 Å². The number of hydrogen-bond donors (Lipinski definition) is 0. The van der Waals surface area contributed by atoms with Crippen molar-refractivity contribution in [3.8, 4) is 0 Å². The van der Waals surface area contributed by atoms with Gasteiger partial charge in [0.15, 0.2) is 0 Å². The van der Waals surface area contributed by atoms with Crippen LogP contribution >= 0.6 is 0 Å². The summed E-state index contributed by atoms with van der Waals surface area (Å²) in [6.45, 7) is 9.67. The van der Waals surface area contributed by atoms with Gasteiger partial charge in [0.25, 0.3) is 0 Å². The highest BCUT2D eigenvalue weighted by Crippen LogP contribution is 2.22. The van der Waals surface area contributed by atoms with E-state index in [1.165, 1.54) is 13.0 Å². The number of ether oxygens (including phenoxy) is 1. The van der Waals surface area contributed by atoms with Gasteiger partial charge in [-0.3, -0.25) is 4.90 Å². The summed E-state index contributed by atoms with van der Waals surface area (Å²) in [6.07, 6.45) is 2.11. The van der Waals surface area contributed by atoms with Gasteiger partial charge in [0.1, 0.15) is 5.60 Å². The number of nitrogens with zero attached hydrogens (tertiary/aromatic N) is 3. The molecule has 0 radical (unpaired) electrons. The zero-order valence-corrected chi connectivity index (χ0v) is 13.6. The Balaban J connectivity index is 1.84. The third-order valence-electron chi connectivity index (χ3n) is 4.33. The van der Waals surface area contributed by atoms with E-state index >= 15 is 0 Å². The predicted molar refractivity (Wildman–Crippen MR) is 79.9 cm³/mol. The number of carbonyl (C=O) groups is 1. The summed E-state index contributed by atoms with van der Waals surface area (Å²) in [7, 11) is 4.38. The van der Waals surface area contributed by atoms with E-state index in [1.807, 2.05) is 25.7 Å². The van der Waals surface area contributed by atoms with E-state index in [0.717, 1.165) is 26.1 Å². The Kier molecular flexibility index (Phi) is 4.59. The molecule has 1 amide bonds. The van der Waals surface area contributed by atoms with Gasteiger partial charge in [0, 0.05) is 31.7 Å². The summed E-state index contributed by atoms with van der Waals surface area (Å²) < 4.78 is 5.45. The van der Waals surface area contributed by atoms with Crippen molar-refractivity contribution in [1.29, 1.82) is 0 Å². The highest BCUT2D eigenvalue weighted by Gasteiger charge is 2.35. The molecule has 5 heteroatoms. The van der Waals surface area contributed by atoms with Crippen molar-refractivity contribution >= 4 is 6.09 Å². The van der Waals surface area contributed by atoms with Crippen LogP contribution < -0.4 is 0 Å². The summed E-state index contributed by atoms with van der Waals surface area (Å²) in [5, 5.41) is 0. The summed E-state index contributed by atoms with van der Waals surface area (Å²) in [6, 6.07) is 1.10. The maximum atomic E-state index is 12.1. The fourth-order valence-corrected chi connectivity index (χ4v) is 3.11. The first-order chi connectivity index (χ1) is 9.26. The van der Waals surface area contributed by atoms with Crippen LogP contribution in [0.4, 0.5) is 4.79 Å². The van der Waals surface area contributed by atoms with Gasteiger partial charge in [0.05, 0.1) is 0 Å². The lowest BCUT2D eigenvalue weighted by atomic mass is 10.1. The van der Waals surface area contributed by atoms with Crippen LogP contribution in [0.25, 0.3) is 0 Å². The molecule has 0 bridgehead atoms. The number of carbonyl (C=O) groups excluding carboxylic acids is 1. The molecular formula is C15H29N3O2. The van der Waals surface area contributed by atoms with Crippen molar-refractivity contribution in [3.05, 3.63) is 0 Å². The smallest absolute Gasteiger partial charge is 0.410 e. The molecule has 2 heterocycles. The van der Waals surface area contributed by atoms with Crippen molar-refractivity contribution in [1.82, 2.24) is 14.7 Å². The van der Waals surface area contributed by atoms with Gasteiger partial charge in [-0.25, -0.2) is 4.79 Å². The van der Waals surface area contributed by atoms with Gasteiger partial charge < -0.3 is 14.5 Å². The Labute approximate surface area is 122 Å². The molecule has 5 nitrogen and oxygen atoms in total. The van der Waals surface area contributed by atoms with Gasteiger partial charge in [-0.05, 0) is 54.3 Å². The predicted octanol–water partition coefficient (Wildman–Crippen LogP) is 1.63. The average molecular weight is 283 g/mol. The minimum Gasteiger partial charge on any atom is -0.444 e. The minimum atomic E-state index is -0.408. The van der Waals surface area contributed by atoms with Crippen molar-refractivity contribution in [2.45, 2.75) is 51.3 Å². The van der Waals surface area contributed by atoms with Gasteiger partial charge in [-0.2, -0.15) is 0 Å². The van der Waals surface area contributed by atoms with Crippen LogP contribution in [-0.4, -0.2) is 78.8 Å². The lowest BCUT2D eigenvalue weighted by Gasteiger charge is -2.30. The van der Waals surface area contributed by atoms with E-state index in [2.05, 4.69) is 23.9 Å². The first kappa shape index (κ1) is 15.6. The van der Waals surface area contributed by atoms with Crippen LogP contribution in [0.15, 0.2) is 0 Å². The molecule has 0 N–H and O–H groups in total.